The second kappa shape index (κ2) is 4.68. The van der Waals surface area contributed by atoms with Crippen LogP contribution < -0.4 is 10.5 Å². The Morgan fingerprint density at radius 1 is 1.40 bits per heavy atom. The summed E-state index contributed by atoms with van der Waals surface area (Å²) >= 11 is 0. The van der Waals surface area contributed by atoms with Crippen molar-refractivity contribution >= 4 is 11.6 Å². The Morgan fingerprint density at radius 2 is 2.07 bits per heavy atom. The van der Waals surface area contributed by atoms with Gasteiger partial charge in [-0.15, -0.1) is 0 Å². The molecule has 1 aromatic carbocycles. The molecule has 15 heavy (non-hydrogen) atoms. The zero-order valence-corrected chi connectivity index (χ0v) is 9.28. The van der Waals surface area contributed by atoms with E-state index in [0.29, 0.717) is 23.6 Å². The number of anilines is 1. The summed E-state index contributed by atoms with van der Waals surface area (Å²) in [6.45, 7) is 2.44. The molecule has 0 saturated heterocycles. The number of carbonyl (C=O) groups excluding carboxylic acids is 1. The largest absolute Gasteiger partial charge is 0.494 e. The molecular weight excluding hydrogens is 192 g/mol. The first-order valence-corrected chi connectivity index (χ1v) is 4.79. The normalized spacial score (nSPS) is 9.80. The van der Waals surface area contributed by atoms with E-state index in [2.05, 4.69) is 0 Å². The molecule has 0 heterocycles. The first-order valence-electron chi connectivity index (χ1n) is 4.79. The van der Waals surface area contributed by atoms with E-state index in [9.17, 15) is 4.79 Å². The Balaban J connectivity index is 3.03. The van der Waals surface area contributed by atoms with Gasteiger partial charge in [0.1, 0.15) is 5.75 Å². The average Bonchev–Trinajstić information content (AvgIpc) is 2.16. The molecule has 0 aliphatic heterocycles. The van der Waals surface area contributed by atoms with Gasteiger partial charge in [-0.2, -0.15) is 0 Å². The zero-order chi connectivity index (χ0) is 11.4. The number of hydrogen-bond donors (Lipinski definition) is 1. The number of nitrogens with two attached hydrogens (primary N) is 1. The number of amides is 1. The lowest BCUT2D eigenvalue weighted by Gasteiger charge is -2.12. The van der Waals surface area contributed by atoms with Crippen molar-refractivity contribution in [2.45, 2.75) is 6.92 Å². The Hall–Kier alpha value is -1.71. The Labute approximate surface area is 89.6 Å². The Kier molecular flexibility index (Phi) is 3.55. The molecule has 1 amide bonds. The first kappa shape index (κ1) is 11.4. The second-order valence-corrected chi connectivity index (χ2v) is 3.42. The van der Waals surface area contributed by atoms with Gasteiger partial charge in [-0.3, -0.25) is 4.79 Å². The molecule has 0 spiro atoms. The van der Waals surface area contributed by atoms with Crippen molar-refractivity contribution in [3.8, 4) is 5.75 Å². The Bertz CT molecular complexity index is 362. The van der Waals surface area contributed by atoms with Crippen LogP contribution in [0.4, 0.5) is 5.69 Å². The third-order valence-corrected chi connectivity index (χ3v) is 1.89. The molecule has 0 bridgehead atoms. The molecule has 0 aromatic heterocycles. The molecule has 0 unspecified atom stereocenters. The molecule has 1 rings (SSSR count). The van der Waals surface area contributed by atoms with E-state index in [-0.39, 0.29) is 5.91 Å². The number of benzene rings is 1. The van der Waals surface area contributed by atoms with Gasteiger partial charge in [-0.1, -0.05) is 0 Å². The maximum absolute atomic E-state index is 11.7. The number of hydrogen-bond acceptors (Lipinski definition) is 3. The summed E-state index contributed by atoms with van der Waals surface area (Å²) in [5, 5.41) is 0. The molecule has 4 heteroatoms. The van der Waals surface area contributed by atoms with Crippen molar-refractivity contribution in [3.05, 3.63) is 23.8 Å². The maximum Gasteiger partial charge on any atom is 0.253 e. The van der Waals surface area contributed by atoms with Crippen molar-refractivity contribution in [2.75, 3.05) is 26.4 Å². The molecule has 2 N–H and O–H groups in total. The van der Waals surface area contributed by atoms with Crippen LogP contribution in [0.1, 0.15) is 17.3 Å². The highest BCUT2D eigenvalue weighted by atomic mass is 16.5. The van der Waals surface area contributed by atoms with Crippen LogP contribution in [-0.4, -0.2) is 31.5 Å². The summed E-state index contributed by atoms with van der Waals surface area (Å²) in [4.78, 5) is 13.2. The van der Waals surface area contributed by atoms with Gasteiger partial charge in [0, 0.05) is 31.4 Å². The molecule has 0 saturated carbocycles. The summed E-state index contributed by atoms with van der Waals surface area (Å²) in [7, 11) is 3.40. The third-order valence-electron chi connectivity index (χ3n) is 1.89. The monoisotopic (exact) mass is 208 g/mol. The van der Waals surface area contributed by atoms with Gasteiger partial charge in [-0.25, -0.2) is 0 Å². The van der Waals surface area contributed by atoms with E-state index in [0.717, 1.165) is 0 Å². The zero-order valence-electron chi connectivity index (χ0n) is 9.28. The number of ether oxygens (including phenoxy) is 1. The van der Waals surface area contributed by atoms with Crippen molar-refractivity contribution < 1.29 is 9.53 Å². The minimum atomic E-state index is -0.0803. The van der Waals surface area contributed by atoms with E-state index in [1.54, 1.807) is 32.3 Å². The standard InChI is InChI=1S/C11H16N2O2/c1-4-15-10-6-8(5-9(12)7-10)11(14)13(2)3/h5-7H,4,12H2,1-3H3. The van der Waals surface area contributed by atoms with Crippen LogP contribution in [0.2, 0.25) is 0 Å². The molecule has 1 aromatic rings. The third kappa shape index (κ3) is 2.87. The van der Waals surface area contributed by atoms with E-state index >= 15 is 0 Å². The molecule has 82 valence electrons. The lowest BCUT2D eigenvalue weighted by atomic mass is 10.1. The fraction of sp³-hybridized carbons (Fsp3) is 0.364. The lowest BCUT2D eigenvalue weighted by Crippen LogP contribution is -2.21. The minimum Gasteiger partial charge on any atom is -0.494 e. The average molecular weight is 208 g/mol. The van der Waals surface area contributed by atoms with Crippen LogP contribution in [-0.2, 0) is 0 Å². The smallest absolute Gasteiger partial charge is 0.253 e. The first-order chi connectivity index (χ1) is 7.04. The number of nitrogens with zero attached hydrogens (tertiary/aromatic N) is 1. The predicted molar refractivity (Wildman–Crippen MR) is 60.0 cm³/mol. The lowest BCUT2D eigenvalue weighted by molar-refractivity contribution is 0.0827. The summed E-state index contributed by atoms with van der Waals surface area (Å²) in [6.07, 6.45) is 0. The van der Waals surface area contributed by atoms with Gasteiger partial charge >= 0.3 is 0 Å². The summed E-state index contributed by atoms with van der Waals surface area (Å²) in [5.41, 5.74) is 6.76. The van der Waals surface area contributed by atoms with Crippen LogP contribution >= 0.6 is 0 Å². The summed E-state index contributed by atoms with van der Waals surface area (Å²) in [5.74, 6) is 0.547. The number of carbonyl (C=O) groups is 1. The van der Waals surface area contributed by atoms with E-state index in [1.807, 2.05) is 6.92 Å². The highest BCUT2D eigenvalue weighted by molar-refractivity contribution is 5.95. The number of nitrogen functional groups attached to an aromatic ring is 1. The summed E-state index contributed by atoms with van der Waals surface area (Å²) in [6, 6.07) is 5.04. The summed E-state index contributed by atoms with van der Waals surface area (Å²) < 4.78 is 5.31. The van der Waals surface area contributed by atoms with Gasteiger partial charge in [0.05, 0.1) is 6.61 Å². The predicted octanol–water partition coefficient (Wildman–Crippen LogP) is 1.37. The molecule has 0 atom stereocenters. The van der Waals surface area contributed by atoms with E-state index < -0.39 is 0 Å². The molecule has 0 radical (unpaired) electrons. The van der Waals surface area contributed by atoms with E-state index in [1.165, 1.54) is 4.90 Å². The minimum absolute atomic E-state index is 0.0803. The van der Waals surface area contributed by atoms with Crippen LogP contribution in [0.25, 0.3) is 0 Å². The number of rotatable bonds is 3. The second-order valence-electron chi connectivity index (χ2n) is 3.42. The van der Waals surface area contributed by atoms with Crippen molar-refractivity contribution in [2.24, 2.45) is 0 Å². The highest BCUT2D eigenvalue weighted by Crippen LogP contribution is 2.19. The van der Waals surface area contributed by atoms with Crippen LogP contribution in [0, 0.1) is 0 Å². The Morgan fingerprint density at radius 3 is 2.60 bits per heavy atom. The van der Waals surface area contributed by atoms with Crippen LogP contribution in [0.5, 0.6) is 5.75 Å². The SMILES string of the molecule is CCOc1cc(N)cc(C(=O)N(C)C)c1. The molecule has 4 nitrogen and oxygen atoms in total. The fourth-order valence-corrected chi connectivity index (χ4v) is 1.25. The van der Waals surface area contributed by atoms with Crippen LogP contribution in [0.3, 0.4) is 0 Å². The molecule has 0 aliphatic carbocycles. The van der Waals surface area contributed by atoms with Crippen LogP contribution in [0.15, 0.2) is 18.2 Å². The van der Waals surface area contributed by atoms with Gasteiger partial charge in [-0.05, 0) is 19.1 Å². The van der Waals surface area contributed by atoms with Crippen molar-refractivity contribution in [1.29, 1.82) is 0 Å². The van der Waals surface area contributed by atoms with Gasteiger partial charge in [0.25, 0.3) is 5.91 Å². The quantitative estimate of drug-likeness (QED) is 0.763. The van der Waals surface area contributed by atoms with Gasteiger partial charge in [0.2, 0.25) is 0 Å². The highest BCUT2D eigenvalue weighted by Gasteiger charge is 2.10. The fourth-order valence-electron chi connectivity index (χ4n) is 1.25. The molecular formula is C11H16N2O2. The topological polar surface area (TPSA) is 55.6 Å². The van der Waals surface area contributed by atoms with Gasteiger partial charge in [0.15, 0.2) is 0 Å². The van der Waals surface area contributed by atoms with Crippen molar-refractivity contribution in [3.63, 3.8) is 0 Å². The van der Waals surface area contributed by atoms with Crippen molar-refractivity contribution in [1.82, 2.24) is 4.90 Å². The van der Waals surface area contributed by atoms with Gasteiger partial charge < -0.3 is 15.4 Å². The van der Waals surface area contributed by atoms with E-state index in [4.69, 9.17) is 10.5 Å². The maximum atomic E-state index is 11.7. The molecule has 0 aliphatic rings. The molecule has 0 fully saturated rings.